The lowest BCUT2D eigenvalue weighted by molar-refractivity contribution is -0.137. The van der Waals surface area contributed by atoms with Gasteiger partial charge in [-0.25, -0.2) is 13.1 Å². The molecule has 0 bridgehead atoms. The minimum Gasteiger partial charge on any atom is -0.468 e. The molecule has 0 aliphatic carbocycles. The number of esters is 1. The number of sulfonamides is 1. The number of carbonyl (C=O) groups is 1. The number of rotatable bonds is 5. The van der Waals surface area contributed by atoms with Crippen LogP contribution in [0.5, 0.6) is 0 Å². The predicted molar refractivity (Wildman–Crippen MR) is 64.0 cm³/mol. The van der Waals surface area contributed by atoms with Crippen LogP contribution in [0.2, 0.25) is 0 Å². The highest BCUT2D eigenvalue weighted by Crippen LogP contribution is 2.14. The van der Waals surface area contributed by atoms with Crippen LogP contribution in [0.25, 0.3) is 0 Å². The van der Waals surface area contributed by atoms with Crippen LogP contribution in [-0.4, -0.2) is 46.4 Å². The summed E-state index contributed by atoms with van der Waals surface area (Å²) >= 11 is 0. The molecule has 17 heavy (non-hydrogen) atoms. The molecule has 100 valence electrons. The minimum absolute atomic E-state index is 0.169. The fraction of sp³-hybridized carbons (Fsp3) is 0.900. The first-order valence-corrected chi connectivity index (χ1v) is 7.37. The van der Waals surface area contributed by atoms with Crippen LogP contribution in [0.15, 0.2) is 0 Å². The molecule has 0 amide bonds. The molecule has 2 N–H and O–H groups in total. The highest BCUT2D eigenvalue weighted by atomic mass is 32.2. The van der Waals surface area contributed by atoms with Gasteiger partial charge in [-0.05, 0) is 38.8 Å². The van der Waals surface area contributed by atoms with E-state index in [1.54, 1.807) is 0 Å². The van der Waals surface area contributed by atoms with Gasteiger partial charge in [-0.3, -0.25) is 4.79 Å². The molecule has 0 aromatic rings. The topological polar surface area (TPSA) is 84.5 Å². The molecule has 0 spiro atoms. The van der Waals surface area contributed by atoms with Crippen molar-refractivity contribution in [3.8, 4) is 0 Å². The van der Waals surface area contributed by atoms with E-state index < -0.39 is 21.7 Å². The van der Waals surface area contributed by atoms with Crippen LogP contribution in [0.1, 0.15) is 19.8 Å². The highest BCUT2D eigenvalue weighted by Gasteiger charge is 2.25. The number of hydrogen-bond acceptors (Lipinski definition) is 5. The van der Waals surface area contributed by atoms with Crippen molar-refractivity contribution in [1.29, 1.82) is 0 Å². The van der Waals surface area contributed by atoms with E-state index in [1.165, 1.54) is 7.11 Å². The highest BCUT2D eigenvalue weighted by molar-refractivity contribution is 7.90. The first kappa shape index (κ1) is 14.4. The van der Waals surface area contributed by atoms with Crippen molar-refractivity contribution in [2.45, 2.75) is 25.8 Å². The molecular weight excluding hydrogens is 244 g/mol. The molecule has 2 unspecified atom stereocenters. The SMILES string of the molecule is COC(=O)CS(=O)(=O)NC(C)C1CCCNC1. The third-order valence-corrected chi connectivity index (χ3v) is 4.29. The molecule has 1 aliphatic heterocycles. The van der Waals surface area contributed by atoms with Gasteiger partial charge >= 0.3 is 5.97 Å². The maximum absolute atomic E-state index is 11.6. The third-order valence-electron chi connectivity index (χ3n) is 2.94. The summed E-state index contributed by atoms with van der Waals surface area (Å²) < 4.78 is 30.1. The molecular formula is C10H20N2O4S. The summed E-state index contributed by atoms with van der Waals surface area (Å²) in [6, 6.07) is -0.169. The fourth-order valence-corrected chi connectivity index (χ4v) is 3.21. The molecule has 7 heteroatoms. The predicted octanol–water partition coefficient (Wildman–Crippen LogP) is -0.533. The van der Waals surface area contributed by atoms with Gasteiger partial charge in [0.1, 0.15) is 0 Å². The standard InChI is InChI=1S/C10H20N2O4S/c1-8(9-4-3-5-11-6-9)12-17(14,15)7-10(13)16-2/h8-9,11-12H,3-7H2,1-2H3. The van der Waals surface area contributed by atoms with Crippen LogP contribution in [0.4, 0.5) is 0 Å². The average Bonchev–Trinajstić information content (AvgIpc) is 2.28. The van der Waals surface area contributed by atoms with E-state index in [2.05, 4.69) is 14.8 Å². The zero-order valence-electron chi connectivity index (χ0n) is 10.2. The number of nitrogens with one attached hydrogen (secondary N) is 2. The van der Waals surface area contributed by atoms with Crippen molar-refractivity contribution >= 4 is 16.0 Å². The molecule has 0 radical (unpaired) electrons. The molecule has 1 aliphatic rings. The summed E-state index contributed by atoms with van der Waals surface area (Å²) in [5.41, 5.74) is 0. The third kappa shape index (κ3) is 5.01. The lowest BCUT2D eigenvalue weighted by atomic mass is 9.94. The van der Waals surface area contributed by atoms with Crippen molar-refractivity contribution in [1.82, 2.24) is 10.0 Å². The van der Waals surface area contributed by atoms with Gasteiger partial charge in [0.05, 0.1) is 7.11 Å². The van der Waals surface area contributed by atoms with Gasteiger partial charge in [0.15, 0.2) is 5.75 Å². The summed E-state index contributed by atoms with van der Waals surface area (Å²) in [4.78, 5) is 10.9. The quantitative estimate of drug-likeness (QED) is 0.652. The Morgan fingerprint density at radius 1 is 1.59 bits per heavy atom. The van der Waals surface area contributed by atoms with Crippen LogP contribution in [0, 0.1) is 5.92 Å². The van der Waals surface area contributed by atoms with E-state index >= 15 is 0 Å². The van der Waals surface area contributed by atoms with E-state index in [1.807, 2.05) is 6.92 Å². The van der Waals surface area contributed by atoms with Gasteiger partial charge in [-0.15, -0.1) is 0 Å². The van der Waals surface area contributed by atoms with E-state index in [0.29, 0.717) is 0 Å². The number of methoxy groups -OCH3 is 1. The molecule has 0 aromatic carbocycles. The van der Waals surface area contributed by atoms with E-state index in [9.17, 15) is 13.2 Å². The van der Waals surface area contributed by atoms with Crippen molar-refractivity contribution in [3.63, 3.8) is 0 Å². The van der Waals surface area contributed by atoms with E-state index in [4.69, 9.17) is 0 Å². The summed E-state index contributed by atoms with van der Waals surface area (Å²) in [5.74, 6) is -1.09. The Labute approximate surface area is 102 Å². The maximum Gasteiger partial charge on any atom is 0.322 e. The maximum atomic E-state index is 11.6. The van der Waals surface area contributed by atoms with Crippen LogP contribution in [0.3, 0.4) is 0 Å². The second-order valence-electron chi connectivity index (χ2n) is 4.35. The van der Waals surface area contributed by atoms with Gasteiger partial charge in [0.25, 0.3) is 0 Å². The normalized spacial score (nSPS) is 23.1. The van der Waals surface area contributed by atoms with Crippen molar-refractivity contribution < 1.29 is 17.9 Å². The van der Waals surface area contributed by atoms with Crippen molar-refractivity contribution in [3.05, 3.63) is 0 Å². The Balaban J connectivity index is 2.48. The van der Waals surface area contributed by atoms with Gasteiger partial charge in [-0.1, -0.05) is 0 Å². The monoisotopic (exact) mass is 264 g/mol. The van der Waals surface area contributed by atoms with Crippen molar-refractivity contribution in [2.24, 2.45) is 5.92 Å². The Kier molecular flexibility index (Phi) is 5.35. The largest absolute Gasteiger partial charge is 0.468 e. The van der Waals surface area contributed by atoms with Crippen LogP contribution >= 0.6 is 0 Å². The van der Waals surface area contributed by atoms with E-state index in [0.717, 1.165) is 25.9 Å². The zero-order chi connectivity index (χ0) is 12.9. The molecule has 1 rings (SSSR count). The summed E-state index contributed by atoms with van der Waals surface area (Å²) in [5, 5.41) is 3.23. The van der Waals surface area contributed by atoms with Gasteiger partial charge < -0.3 is 10.1 Å². The second-order valence-corrected chi connectivity index (χ2v) is 6.10. The summed E-state index contributed by atoms with van der Waals surface area (Å²) in [6.45, 7) is 3.62. The Hall–Kier alpha value is -0.660. The van der Waals surface area contributed by atoms with Crippen LogP contribution in [-0.2, 0) is 19.6 Å². The Morgan fingerprint density at radius 2 is 2.29 bits per heavy atom. The van der Waals surface area contributed by atoms with Gasteiger partial charge in [-0.2, -0.15) is 0 Å². The van der Waals surface area contributed by atoms with Crippen molar-refractivity contribution in [2.75, 3.05) is 26.0 Å². The molecule has 0 aromatic heterocycles. The lowest BCUT2D eigenvalue weighted by Gasteiger charge is -2.28. The summed E-state index contributed by atoms with van der Waals surface area (Å²) in [6.07, 6.45) is 2.04. The lowest BCUT2D eigenvalue weighted by Crippen LogP contribution is -2.45. The van der Waals surface area contributed by atoms with Gasteiger partial charge in [0.2, 0.25) is 10.0 Å². The Bertz CT molecular complexity index is 349. The summed E-state index contributed by atoms with van der Waals surface area (Å²) in [7, 11) is -2.42. The zero-order valence-corrected chi connectivity index (χ0v) is 11.0. The first-order valence-electron chi connectivity index (χ1n) is 5.72. The number of ether oxygens (including phenoxy) is 1. The first-order chi connectivity index (χ1) is 7.94. The van der Waals surface area contributed by atoms with Gasteiger partial charge in [0, 0.05) is 6.04 Å². The number of hydrogen-bond donors (Lipinski definition) is 2. The molecule has 1 saturated heterocycles. The number of piperidine rings is 1. The number of carbonyl (C=O) groups excluding carboxylic acids is 1. The second kappa shape index (κ2) is 6.32. The fourth-order valence-electron chi connectivity index (χ4n) is 1.94. The van der Waals surface area contributed by atoms with E-state index in [-0.39, 0.29) is 12.0 Å². The molecule has 0 saturated carbocycles. The smallest absolute Gasteiger partial charge is 0.322 e. The average molecular weight is 264 g/mol. The van der Waals surface area contributed by atoms with Crippen LogP contribution < -0.4 is 10.0 Å². The Morgan fingerprint density at radius 3 is 2.82 bits per heavy atom. The molecule has 1 heterocycles. The molecule has 1 fully saturated rings. The molecule has 2 atom stereocenters. The minimum atomic E-state index is -3.59. The molecule has 6 nitrogen and oxygen atoms in total.